The van der Waals surface area contributed by atoms with Gasteiger partial charge in [0.2, 0.25) is 0 Å². The molecule has 0 atom stereocenters. The van der Waals surface area contributed by atoms with Crippen molar-refractivity contribution in [3.05, 3.63) is 64.4 Å². The lowest BCUT2D eigenvalue weighted by atomic mass is 10.2. The normalized spacial score (nSPS) is 15.4. The van der Waals surface area contributed by atoms with E-state index in [0.717, 1.165) is 19.6 Å². The summed E-state index contributed by atoms with van der Waals surface area (Å²) >= 11 is 11.7. The lowest BCUT2D eigenvalue weighted by Gasteiger charge is -2.34. The van der Waals surface area contributed by atoms with E-state index in [-0.39, 0.29) is 16.3 Å². The lowest BCUT2D eigenvalue weighted by Crippen LogP contribution is -2.49. The van der Waals surface area contributed by atoms with Gasteiger partial charge in [0.15, 0.2) is 0 Å². The molecule has 0 spiro atoms. The molecule has 1 aromatic heterocycles. The van der Waals surface area contributed by atoms with Gasteiger partial charge in [-0.25, -0.2) is 9.78 Å². The van der Waals surface area contributed by atoms with Crippen LogP contribution in [0.25, 0.3) is 6.08 Å². The number of pyridine rings is 1. The molecule has 3 rings (SSSR count). The summed E-state index contributed by atoms with van der Waals surface area (Å²) in [4.78, 5) is 20.4. The second kappa shape index (κ2) is 9.03. The number of rotatable bonds is 4. The third-order valence-electron chi connectivity index (χ3n) is 4.15. The highest BCUT2D eigenvalue weighted by Gasteiger charge is 2.20. The average molecular weight is 391 g/mol. The topological polar surface area (TPSA) is 48.5 Å². The minimum atomic E-state index is -0.150. The summed E-state index contributed by atoms with van der Waals surface area (Å²) in [5.74, 6) is 0. The van der Waals surface area contributed by atoms with Crippen LogP contribution in [-0.2, 0) is 0 Å². The van der Waals surface area contributed by atoms with Crippen LogP contribution in [0.15, 0.2) is 48.5 Å². The summed E-state index contributed by atoms with van der Waals surface area (Å²) in [6.45, 7) is 3.91. The SMILES string of the molecule is O=C(Nc1cc(Cl)nc(Cl)c1)N1CCN(CC=Cc2ccccc2)CC1. The lowest BCUT2D eigenvalue weighted by molar-refractivity contribution is 0.156. The van der Waals surface area contributed by atoms with Crippen molar-refractivity contribution in [1.82, 2.24) is 14.8 Å². The summed E-state index contributed by atoms with van der Waals surface area (Å²) in [7, 11) is 0. The van der Waals surface area contributed by atoms with E-state index in [2.05, 4.69) is 39.5 Å². The van der Waals surface area contributed by atoms with E-state index in [1.807, 2.05) is 18.2 Å². The Morgan fingerprint density at radius 2 is 1.73 bits per heavy atom. The minimum Gasteiger partial charge on any atom is -0.322 e. The van der Waals surface area contributed by atoms with Crippen LogP contribution in [-0.4, -0.2) is 53.5 Å². The van der Waals surface area contributed by atoms with Crippen LogP contribution in [0, 0.1) is 0 Å². The molecule has 0 unspecified atom stereocenters. The molecule has 2 amide bonds. The number of aromatic nitrogens is 1. The molecule has 0 aliphatic carbocycles. The first-order valence-corrected chi connectivity index (χ1v) is 9.19. The smallest absolute Gasteiger partial charge is 0.321 e. The number of urea groups is 1. The van der Waals surface area contributed by atoms with Crippen molar-refractivity contribution < 1.29 is 4.79 Å². The van der Waals surface area contributed by atoms with Crippen LogP contribution in [0.3, 0.4) is 0 Å². The average Bonchev–Trinajstić information content (AvgIpc) is 2.62. The summed E-state index contributed by atoms with van der Waals surface area (Å²) in [5, 5.41) is 3.32. The Labute approximate surface area is 163 Å². The number of benzene rings is 1. The van der Waals surface area contributed by atoms with Crippen molar-refractivity contribution >= 4 is 41.0 Å². The van der Waals surface area contributed by atoms with Crippen molar-refractivity contribution in [3.63, 3.8) is 0 Å². The van der Waals surface area contributed by atoms with Gasteiger partial charge >= 0.3 is 6.03 Å². The third kappa shape index (κ3) is 5.46. The van der Waals surface area contributed by atoms with Crippen LogP contribution in [0.2, 0.25) is 10.3 Å². The van der Waals surface area contributed by atoms with Gasteiger partial charge in [0.1, 0.15) is 10.3 Å². The van der Waals surface area contributed by atoms with Crippen LogP contribution >= 0.6 is 23.2 Å². The van der Waals surface area contributed by atoms with Crippen LogP contribution in [0.4, 0.5) is 10.5 Å². The number of amides is 2. The van der Waals surface area contributed by atoms with E-state index in [4.69, 9.17) is 23.2 Å². The van der Waals surface area contributed by atoms with E-state index in [0.29, 0.717) is 18.8 Å². The number of halogens is 2. The van der Waals surface area contributed by atoms with Gasteiger partial charge in [-0.05, 0) is 17.7 Å². The fourth-order valence-electron chi connectivity index (χ4n) is 2.78. The third-order valence-corrected chi connectivity index (χ3v) is 4.53. The molecule has 0 radical (unpaired) electrons. The molecule has 7 heteroatoms. The van der Waals surface area contributed by atoms with Gasteiger partial charge in [-0.3, -0.25) is 4.90 Å². The van der Waals surface area contributed by atoms with Crippen molar-refractivity contribution in [2.24, 2.45) is 0 Å². The Balaban J connectivity index is 1.45. The predicted octanol–water partition coefficient (Wildman–Crippen LogP) is 4.25. The number of nitrogens with zero attached hydrogens (tertiary/aromatic N) is 3. The van der Waals surface area contributed by atoms with Crippen molar-refractivity contribution in [1.29, 1.82) is 0 Å². The maximum absolute atomic E-state index is 12.4. The van der Waals surface area contributed by atoms with Gasteiger partial charge in [0.25, 0.3) is 0 Å². The summed E-state index contributed by atoms with van der Waals surface area (Å²) in [6, 6.07) is 13.2. The predicted molar refractivity (Wildman–Crippen MR) is 107 cm³/mol. The van der Waals surface area contributed by atoms with Gasteiger partial charge in [-0.2, -0.15) is 0 Å². The number of hydrogen-bond acceptors (Lipinski definition) is 3. The van der Waals surface area contributed by atoms with E-state index >= 15 is 0 Å². The quantitative estimate of drug-likeness (QED) is 0.793. The molecule has 1 aromatic carbocycles. The monoisotopic (exact) mass is 390 g/mol. The molecule has 1 aliphatic rings. The van der Waals surface area contributed by atoms with Crippen LogP contribution in [0.5, 0.6) is 0 Å². The first kappa shape index (κ1) is 18.7. The van der Waals surface area contributed by atoms with Crippen LogP contribution < -0.4 is 5.32 Å². The first-order valence-electron chi connectivity index (χ1n) is 8.43. The molecule has 2 aromatic rings. The van der Waals surface area contributed by atoms with Crippen molar-refractivity contribution in [2.45, 2.75) is 0 Å². The summed E-state index contributed by atoms with van der Waals surface area (Å²) in [5.41, 5.74) is 1.74. The molecule has 1 fully saturated rings. The Morgan fingerprint density at radius 3 is 2.38 bits per heavy atom. The van der Waals surface area contributed by atoms with Gasteiger partial charge < -0.3 is 10.2 Å². The molecule has 26 heavy (non-hydrogen) atoms. The molecule has 1 saturated heterocycles. The Bertz CT molecular complexity index is 754. The zero-order valence-corrected chi connectivity index (χ0v) is 15.7. The van der Waals surface area contributed by atoms with Crippen LogP contribution in [0.1, 0.15) is 5.56 Å². The van der Waals surface area contributed by atoms with E-state index in [1.165, 1.54) is 5.56 Å². The fourth-order valence-corrected chi connectivity index (χ4v) is 3.24. The molecule has 1 aliphatic heterocycles. The molecule has 136 valence electrons. The van der Waals surface area contributed by atoms with Gasteiger partial charge in [-0.1, -0.05) is 65.7 Å². The molecule has 2 heterocycles. The summed E-state index contributed by atoms with van der Waals surface area (Å²) < 4.78 is 0. The van der Waals surface area contributed by atoms with E-state index in [1.54, 1.807) is 17.0 Å². The van der Waals surface area contributed by atoms with Gasteiger partial charge in [0, 0.05) is 38.4 Å². The maximum Gasteiger partial charge on any atom is 0.321 e. The number of carbonyl (C=O) groups is 1. The number of carbonyl (C=O) groups excluding carboxylic acids is 1. The molecular weight excluding hydrogens is 371 g/mol. The van der Waals surface area contributed by atoms with Crippen molar-refractivity contribution in [3.8, 4) is 0 Å². The number of piperazine rings is 1. The molecular formula is C19H20Cl2N4O. The van der Waals surface area contributed by atoms with E-state index in [9.17, 15) is 4.79 Å². The number of hydrogen-bond donors (Lipinski definition) is 1. The van der Waals surface area contributed by atoms with Gasteiger partial charge in [0.05, 0.1) is 0 Å². The largest absolute Gasteiger partial charge is 0.322 e. The maximum atomic E-state index is 12.4. The zero-order valence-electron chi connectivity index (χ0n) is 14.2. The fraction of sp³-hybridized carbons (Fsp3) is 0.263. The number of anilines is 1. The zero-order chi connectivity index (χ0) is 18.4. The highest BCUT2D eigenvalue weighted by molar-refractivity contribution is 6.32. The highest BCUT2D eigenvalue weighted by Crippen LogP contribution is 2.19. The van der Waals surface area contributed by atoms with Gasteiger partial charge in [-0.15, -0.1) is 0 Å². The second-order valence-corrected chi connectivity index (χ2v) is 6.81. The first-order chi connectivity index (χ1) is 12.6. The standard InChI is InChI=1S/C19H20Cl2N4O/c20-17-13-16(14-18(21)23-17)22-19(26)25-11-9-24(10-12-25)8-4-7-15-5-2-1-3-6-15/h1-7,13-14H,8-12H2,(H,22,23,26). The van der Waals surface area contributed by atoms with Crippen molar-refractivity contribution in [2.75, 3.05) is 38.0 Å². The Morgan fingerprint density at radius 1 is 1.08 bits per heavy atom. The molecule has 0 saturated carbocycles. The molecule has 5 nitrogen and oxygen atoms in total. The Kier molecular flexibility index (Phi) is 6.50. The molecule has 0 bridgehead atoms. The minimum absolute atomic E-state index is 0.150. The number of nitrogens with one attached hydrogen (secondary N) is 1. The second-order valence-electron chi connectivity index (χ2n) is 6.03. The van der Waals surface area contributed by atoms with E-state index < -0.39 is 0 Å². The summed E-state index contributed by atoms with van der Waals surface area (Å²) in [6.07, 6.45) is 4.28. The highest BCUT2D eigenvalue weighted by atomic mass is 35.5. The molecule has 1 N–H and O–H groups in total. The Hall–Kier alpha value is -2.08.